The number of ether oxygens (including phenoxy) is 4. The molecule has 1 amide bonds. The van der Waals surface area contributed by atoms with Gasteiger partial charge in [0, 0.05) is 34.5 Å². The van der Waals surface area contributed by atoms with Crippen LogP contribution < -0.4 is 15.2 Å². The normalized spacial score (nSPS) is 22.5. The molecule has 1 saturated carbocycles. The number of carbonyl (C=O) groups excluding carboxylic acids is 2. The molecule has 10 nitrogen and oxygen atoms in total. The van der Waals surface area contributed by atoms with Gasteiger partial charge < -0.3 is 23.8 Å². The van der Waals surface area contributed by atoms with Crippen LogP contribution in [-0.4, -0.2) is 61.5 Å². The van der Waals surface area contributed by atoms with Crippen molar-refractivity contribution < 1.29 is 37.3 Å². The largest absolute Gasteiger partial charge is 0.510 e. The quantitative estimate of drug-likeness (QED) is 0.308. The standard InChI is InChI=1S/C30H27F2N3O7S/c1-39-30(38)42-15-41-27-20(36)10-11-34-26(27)29(37)33-12-13-40-14-22(33)35(34)25-17-4-2-3-5-21(17)43-28(16-6-7-16)23-18(25)8-9-19(31)24(23)32/h2-5,8-11,16,22,25,28H,6-7,12-15H2,1H3. The van der Waals surface area contributed by atoms with Crippen LogP contribution in [0.15, 0.2) is 58.4 Å². The van der Waals surface area contributed by atoms with E-state index in [1.165, 1.54) is 28.7 Å². The Morgan fingerprint density at radius 2 is 1.91 bits per heavy atom. The fourth-order valence-corrected chi connectivity index (χ4v) is 7.72. The second-order valence-corrected chi connectivity index (χ2v) is 11.9. The number of hydrogen-bond acceptors (Lipinski definition) is 9. The zero-order chi connectivity index (χ0) is 29.8. The van der Waals surface area contributed by atoms with Gasteiger partial charge in [-0.2, -0.15) is 0 Å². The monoisotopic (exact) mass is 611 g/mol. The van der Waals surface area contributed by atoms with E-state index in [1.54, 1.807) is 11.0 Å². The SMILES string of the molecule is COC(=O)OCOc1c2n(ccc1=O)N(C1c3ccccc3SC(C3CC3)c3c1ccc(F)c3F)C1COCCN1C2=O. The number of halogens is 2. The maximum absolute atomic E-state index is 15.9. The van der Waals surface area contributed by atoms with Gasteiger partial charge in [-0.25, -0.2) is 13.6 Å². The van der Waals surface area contributed by atoms with Crippen LogP contribution >= 0.6 is 11.8 Å². The Bertz CT molecular complexity index is 1680. The number of amides is 1. The van der Waals surface area contributed by atoms with Gasteiger partial charge in [-0.1, -0.05) is 24.3 Å². The van der Waals surface area contributed by atoms with Crippen molar-refractivity contribution in [2.75, 3.05) is 38.7 Å². The molecule has 1 aliphatic carbocycles. The molecule has 0 N–H and O–H groups in total. The average molecular weight is 612 g/mol. The van der Waals surface area contributed by atoms with E-state index in [2.05, 4.69) is 4.74 Å². The van der Waals surface area contributed by atoms with Gasteiger partial charge in [0.1, 0.15) is 6.17 Å². The van der Waals surface area contributed by atoms with Crippen LogP contribution in [0.5, 0.6) is 5.75 Å². The summed E-state index contributed by atoms with van der Waals surface area (Å²) in [6.45, 7) is -0.0421. The van der Waals surface area contributed by atoms with E-state index in [1.807, 2.05) is 29.3 Å². The zero-order valence-electron chi connectivity index (χ0n) is 23.0. The van der Waals surface area contributed by atoms with Crippen LogP contribution in [0.2, 0.25) is 0 Å². The molecule has 4 aliphatic rings. The number of hydrogen-bond donors (Lipinski definition) is 0. The molecule has 43 heavy (non-hydrogen) atoms. The number of pyridine rings is 1. The highest BCUT2D eigenvalue weighted by atomic mass is 32.2. The molecule has 2 aromatic carbocycles. The smallest absolute Gasteiger partial charge is 0.451 e. The van der Waals surface area contributed by atoms with Crippen molar-refractivity contribution in [1.82, 2.24) is 9.58 Å². The van der Waals surface area contributed by atoms with Gasteiger partial charge in [0.2, 0.25) is 18.0 Å². The summed E-state index contributed by atoms with van der Waals surface area (Å²) in [5.74, 6) is -2.40. The van der Waals surface area contributed by atoms with E-state index in [4.69, 9.17) is 14.2 Å². The Kier molecular flexibility index (Phi) is 7.01. The third kappa shape index (κ3) is 4.61. The Morgan fingerprint density at radius 3 is 2.70 bits per heavy atom. The van der Waals surface area contributed by atoms with Crippen LogP contribution in [0, 0.1) is 17.6 Å². The molecule has 4 heterocycles. The third-order valence-corrected chi connectivity index (χ3v) is 9.73. The number of fused-ring (bicyclic) bond motifs is 4. The summed E-state index contributed by atoms with van der Waals surface area (Å²) in [6, 6.07) is 11.0. The first-order chi connectivity index (χ1) is 20.9. The summed E-state index contributed by atoms with van der Waals surface area (Å²) in [5.41, 5.74) is 1.02. The predicted octanol–water partition coefficient (Wildman–Crippen LogP) is 4.34. The summed E-state index contributed by atoms with van der Waals surface area (Å²) in [6.07, 6.45) is 1.63. The summed E-state index contributed by atoms with van der Waals surface area (Å²) < 4.78 is 53.0. The lowest BCUT2D eigenvalue weighted by Gasteiger charge is -2.51. The van der Waals surface area contributed by atoms with E-state index in [0.29, 0.717) is 11.1 Å². The Labute approximate surface area is 249 Å². The number of nitrogens with zero attached hydrogens (tertiary/aromatic N) is 3. The lowest BCUT2D eigenvalue weighted by atomic mass is 9.90. The molecule has 3 aliphatic heterocycles. The van der Waals surface area contributed by atoms with E-state index < -0.39 is 48.1 Å². The van der Waals surface area contributed by atoms with Crippen LogP contribution in [-0.2, 0) is 14.2 Å². The topological polar surface area (TPSA) is 99.5 Å². The third-order valence-electron chi connectivity index (χ3n) is 8.23. The van der Waals surface area contributed by atoms with E-state index >= 15 is 4.39 Å². The van der Waals surface area contributed by atoms with Crippen molar-refractivity contribution >= 4 is 23.8 Å². The molecule has 0 bridgehead atoms. The van der Waals surface area contributed by atoms with Crippen molar-refractivity contribution in [2.24, 2.45) is 5.92 Å². The lowest BCUT2D eigenvalue weighted by molar-refractivity contribution is -0.0209. The molecule has 0 spiro atoms. The van der Waals surface area contributed by atoms with Crippen molar-refractivity contribution in [3.05, 3.63) is 92.9 Å². The molecule has 2 fully saturated rings. The van der Waals surface area contributed by atoms with Crippen LogP contribution in [0.3, 0.4) is 0 Å². The first-order valence-corrected chi connectivity index (χ1v) is 14.8. The molecule has 3 unspecified atom stereocenters. The highest BCUT2D eigenvalue weighted by molar-refractivity contribution is 7.99. The first kappa shape index (κ1) is 27.7. The van der Waals surface area contributed by atoms with Gasteiger partial charge in [-0.15, -0.1) is 11.8 Å². The maximum atomic E-state index is 15.9. The molecule has 3 aromatic rings. The summed E-state index contributed by atoms with van der Waals surface area (Å²) in [5, 5.41) is 1.57. The number of methoxy groups -OCH3 is 1. The zero-order valence-corrected chi connectivity index (χ0v) is 23.9. The van der Waals surface area contributed by atoms with Gasteiger partial charge in [0.05, 0.1) is 26.4 Å². The summed E-state index contributed by atoms with van der Waals surface area (Å²) >= 11 is 1.53. The minimum atomic E-state index is -1.02. The van der Waals surface area contributed by atoms with Gasteiger partial charge in [0.15, 0.2) is 17.3 Å². The van der Waals surface area contributed by atoms with E-state index in [-0.39, 0.29) is 42.4 Å². The molecule has 13 heteroatoms. The Morgan fingerprint density at radius 1 is 1.09 bits per heavy atom. The highest BCUT2D eigenvalue weighted by Crippen LogP contribution is 2.57. The number of benzene rings is 2. The van der Waals surface area contributed by atoms with Crippen molar-refractivity contribution in [3.63, 3.8) is 0 Å². The van der Waals surface area contributed by atoms with Gasteiger partial charge in [-0.3, -0.25) is 19.3 Å². The highest BCUT2D eigenvalue weighted by Gasteiger charge is 2.48. The molecular weight excluding hydrogens is 584 g/mol. The molecule has 7 rings (SSSR count). The van der Waals surface area contributed by atoms with E-state index in [9.17, 15) is 18.8 Å². The van der Waals surface area contributed by atoms with Crippen LogP contribution in [0.4, 0.5) is 13.6 Å². The molecular formula is C30H27F2N3O7S. The average Bonchev–Trinajstić information content (AvgIpc) is 3.87. The summed E-state index contributed by atoms with van der Waals surface area (Å²) in [7, 11) is 1.13. The van der Waals surface area contributed by atoms with E-state index in [0.717, 1.165) is 36.5 Å². The molecule has 3 atom stereocenters. The second kappa shape index (κ2) is 10.9. The van der Waals surface area contributed by atoms with Gasteiger partial charge in [0.25, 0.3) is 5.91 Å². The minimum absolute atomic E-state index is 0.0867. The Hall–Kier alpha value is -4.10. The number of morpholine rings is 1. The molecule has 0 radical (unpaired) electrons. The molecule has 1 aromatic heterocycles. The van der Waals surface area contributed by atoms with Crippen molar-refractivity contribution in [1.29, 1.82) is 0 Å². The predicted molar refractivity (Wildman–Crippen MR) is 150 cm³/mol. The van der Waals surface area contributed by atoms with Crippen molar-refractivity contribution in [3.8, 4) is 5.75 Å². The fourth-order valence-electron chi connectivity index (χ4n) is 6.16. The van der Waals surface area contributed by atoms with Crippen LogP contribution in [0.25, 0.3) is 0 Å². The molecule has 1 saturated heterocycles. The van der Waals surface area contributed by atoms with Gasteiger partial charge in [-0.05, 0) is 42.0 Å². The van der Waals surface area contributed by atoms with Crippen LogP contribution in [0.1, 0.15) is 51.3 Å². The number of thioether (sulfide) groups is 1. The lowest BCUT2D eigenvalue weighted by Crippen LogP contribution is -2.66. The summed E-state index contributed by atoms with van der Waals surface area (Å²) in [4.78, 5) is 41.1. The first-order valence-electron chi connectivity index (χ1n) is 13.9. The maximum Gasteiger partial charge on any atom is 0.510 e. The Balaban J connectivity index is 1.46. The minimum Gasteiger partial charge on any atom is -0.451 e. The number of aromatic nitrogens is 1. The van der Waals surface area contributed by atoms with Gasteiger partial charge >= 0.3 is 6.16 Å². The number of carbonyl (C=O) groups is 2. The van der Waals surface area contributed by atoms with Crippen molar-refractivity contribution in [2.45, 2.75) is 35.2 Å². The fraction of sp³-hybridized carbons (Fsp3) is 0.367. The molecule has 224 valence electrons. The second-order valence-electron chi connectivity index (χ2n) is 10.7. The number of rotatable bonds is 5.